The van der Waals surface area contributed by atoms with Gasteiger partial charge in [0.25, 0.3) is 5.51 Å². The van der Waals surface area contributed by atoms with Gasteiger partial charge in [0, 0.05) is 4.73 Å². The maximum Gasteiger partial charge on any atom is 0.276 e. The number of thiazole rings is 1. The van der Waals surface area contributed by atoms with Crippen LogP contribution in [0, 0.1) is 0 Å². The molecule has 1 heterocycles. The first kappa shape index (κ1) is 7.54. The van der Waals surface area contributed by atoms with Gasteiger partial charge in [-0.05, 0) is 20.8 Å². The van der Waals surface area contributed by atoms with Crippen LogP contribution in [-0.2, 0) is 0 Å². The Hall–Kier alpha value is -0.570. The highest BCUT2D eigenvalue weighted by atomic mass is 32.1. The van der Waals surface area contributed by atoms with Crippen molar-refractivity contribution >= 4 is 11.3 Å². The predicted octanol–water partition coefficient (Wildman–Crippen LogP) is 1.26. The molecule has 3 heteroatoms. The summed E-state index contributed by atoms with van der Waals surface area (Å²) in [6, 6.07) is 0. The van der Waals surface area contributed by atoms with Gasteiger partial charge in [-0.3, -0.25) is 4.84 Å². The van der Waals surface area contributed by atoms with Crippen molar-refractivity contribution in [1.29, 1.82) is 0 Å². The van der Waals surface area contributed by atoms with Gasteiger partial charge in [0.15, 0.2) is 5.60 Å². The molecule has 0 amide bonds. The van der Waals surface area contributed by atoms with Crippen molar-refractivity contribution in [3.8, 4) is 0 Å². The van der Waals surface area contributed by atoms with Gasteiger partial charge < -0.3 is 0 Å². The summed E-state index contributed by atoms with van der Waals surface area (Å²) in [6.45, 7) is 6.08. The minimum Gasteiger partial charge on any atom is -0.265 e. The van der Waals surface area contributed by atoms with Crippen molar-refractivity contribution in [2.75, 3.05) is 0 Å². The van der Waals surface area contributed by atoms with Gasteiger partial charge >= 0.3 is 0 Å². The van der Waals surface area contributed by atoms with E-state index in [9.17, 15) is 0 Å². The Morgan fingerprint density at radius 2 is 2.10 bits per heavy atom. The van der Waals surface area contributed by atoms with E-state index in [-0.39, 0.29) is 5.60 Å². The molecule has 0 aliphatic rings. The minimum atomic E-state index is -0.105. The topological polar surface area (TPSA) is 13.1 Å². The highest BCUT2D eigenvalue weighted by Gasteiger charge is 2.17. The molecule has 0 saturated heterocycles. The molecule has 0 atom stereocenters. The number of nitrogens with zero attached hydrogens (tertiary/aromatic N) is 1. The SMILES string of the molecule is CC(C)(C)O[n+]1ccsc1. The molecular formula is C7H12NOS+. The molecule has 0 N–H and O–H groups in total. The number of aromatic nitrogens is 1. The van der Waals surface area contributed by atoms with E-state index in [2.05, 4.69) is 0 Å². The quantitative estimate of drug-likeness (QED) is 0.561. The first-order valence-electron chi connectivity index (χ1n) is 3.21. The van der Waals surface area contributed by atoms with Crippen LogP contribution in [-0.4, -0.2) is 5.60 Å². The molecule has 1 rings (SSSR count). The summed E-state index contributed by atoms with van der Waals surface area (Å²) in [7, 11) is 0. The fourth-order valence-electron chi connectivity index (χ4n) is 0.594. The zero-order valence-corrected chi connectivity index (χ0v) is 7.31. The van der Waals surface area contributed by atoms with Crippen LogP contribution < -0.4 is 9.57 Å². The monoisotopic (exact) mass is 158 g/mol. The highest BCUT2D eigenvalue weighted by molar-refractivity contribution is 7.07. The summed E-state index contributed by atoms with van der Waals surface area (Å²) in [5.74, 6) is 0. The van der Waals surface area contributed by atoms with E-state index < -0.39 is 0 Å². The largest absolute Gasteiger partial charge is 0.276 e. The second-order valence-corrected chi connectivity index (χ2v) is 3.85. The second-order valence-electron chi connectivity index (χ2n) is 3.09. The van der Waals surface area contributed by atoms with Crippen LogP contribution in [0.3, 0.4) is 0 Å². The smallest absolute Gasteiger partial charge is 0.265 e. The van der Waals surface area contributed by atoms with Crippen molar-refractivity contribution in [2.45, 2.75) is 26.4 Å². The molecule has 0 radical (unpaired) electrons. The van der Waals surface area contributed by atoms with Crippen LogP contribution >= 0.6 is 11.3 Å². The lowest BCUT2D eigenvalue weighted by Gasteiger charge is -2.11. The Morgan fingerprint density at radius 1 is 1.40 bits per heavy atom. The van der Waals surface area contributed by atoms with Crippen LogP contribution in [0.5, 0.6) is 0 Å². The molecule has 10 heavy (non-hydrogen) atoms. The summed E-state index contributed by atoms with van der Waals surface area (Å²) in [5.41, 5.74) is 1.82. The summed E-state index contributed by atoms with van der Waals surface area (Å²) >= 11 is 1.62. The van der Waals surface area contributed by atoms with Crippen LogP contribution in [0.2, 0.25) is 0 Å². The zero-order valence-electron chi connectivity index (χ0n) is 6.50. The fraction of sp³-hybridized carbons (Fsp3) is 0.571. The van der Waals surface area contributed by atoms with Gasteiger partial charge in [0.1, 0.15) is 0 Å². The van der Waals surface area contributed by atoms with Crippen LogP contribution in [0.1, 0.15) is 20.8 Å². The van der Waals surface area contributed by atoms with Crippen molar-refractivity contribution in [2.24, 2.45) is 0 Å². The molecule has 1 aromatic rings. The summed E-state index contributed by atoms with van der Waals surface area (Å²) in [5, 5.41) is 1.98. The molecule has 0 aromatic carbocycles. The van der Waals surface area contributed by atoms with E-state index >= 15 is 0 Å². The maximum atomic E-state index is 5.47. The third-order valence-corrected chi connectivity index (χ3v) is 1.44. The molecular weight excluding hydrogens is 146 g/mol. The van der Waals surface area contributed by atoms with Crippen LogP contribution in [0.15, 0.2) is 17.1 Å². The van der Waals surface area contributed by atoms with E-state index in [0.29, 0.717) is 0 Å². The normalized spacial score (nSPS) is 11.5. The van der Waals surface area contributed by atoms with Crippen molar-refractivity contribution in [3.63, 3.8) is 0 Å². The third-order valence-electron chi connectivity index (χ3n) is 0.830. The lowest BCUT2D eigenvalue weighted by Crippen LogP contribution is -2.49. The Morgan fingerprint density at radius 3 is 2.50 bits per heavy atom. The number of hydrogen-bond acceptors (Lipinski definition) is 2. The second kappa shape index (κ2) is 2.58. The summed E-state index contributed by atoms with van der Waals surface area (Å²) < 4.78 is 1.73. The lowest BCUT2D eigenvalue weighted by molar-refractivity contribution is -0.902. The molecule has 0 spiro atoms. The van der Waals surface area contributed by atoms with Crippen molar-refractivity contribution in [1.82, 2.24) is 0 Å². The lowest BCUT2D eigenvalue weighted by atomic mass is 10.2. The van der Waals surface area contributed by atoms with Gasteiger partial charge in [-0.15, -0.1) is 0 Å². The Bertz CT molecular complexity index is 188. The van der Waals surface area contributed by atoms with Gasteiger partial charge in [0.05, 0.1) is 5.38 Å². The summed E-state index contributed by atoms with van der Waals surface area (Å²) in [6.07, 6.45) is 1.90. The number of rotatable bonds is 1. The van der Waals surface area contributed by atoms with Gasteiger partial charge in [-0.25, -0.2) is 0 Å². The van der Waals surface area contributed by atoms with Crippen molar-refractivity contribution in [3.05, 3.63) is 17.1 Å². The molecule has 0 saturated carbocycles. The van der Waals surface area contributed by atoms with Gasteiger partial charge in [0.2, 0.25) is 6.20 Å². The molecule has 56 valence electrons. The fourth-order valence-corrected chi connectivity index (χ4v) is 1.09. The average molecular weight is 158 g/mol. The molecule has 0 fully saturated rings. The summed E-state index contributed by atoms with van der Waals surface area (Å²) in [4.78, 5) is 5.47. The molecule has 2 nitrogen and oxygen atoms in total. The molecule has 0 aliphatic carbocycles. The standard InChI is InChI=1S/C7H12NOS/c1-7(2,3)9-8-4-5-10-6-8/h4-6H,1-3H3/q+1. The van der Waals surface area contributed by atoms with E-state index in [1.54, 1.807) is 16.1 Å². The predicted molar refractivity (Wildman–Crippen MR) is 40.8 cm³/mol. The Kier molecular flexibility index (Phi) is 1.94. The first-order valence-corrected chi connectivity index (χ1v) is 4.15. The zero-order chi connectivity index (χ0) is 7.61. The molecule has 0 bridgehead atoms. The Balaban J connectivity index is 2.57. The van der Waals surface area contributed by atoms with Crippen LogP contribution in [0.4, 0.5) is 0 Å². The van der Waals surface area contributed by atoms with Crippen LogP contribution in [0.25, 0.3) is 0 Å². The Labute approximate surface area is 65.0 Å². The number of hydrogen-bond donors (Lipinski definition) is 0. The first-order chi connectivity index (χ1) is 4.58. The van der Waals surface area contributed by atoms with E-state index in [1.807, 2.05) is 37.9 Å². The molecule has 1 aromatic heterocycles. The van der Waals surface area contributed by atoms with E-state index in [1.165, 1.54) is 0 Å². The van der Waals surface area contributed by atoms with Crippen molar-refractivity contribution < 1.29 is 9.57 Å². The van der Waals surface area contributed by atoms with E-state index in [4.69, 9.17) is 4.84 Å². The molecule has 0 aliphatic heterocycles. The molecule has 0 unspecified atom stereocenters. The average Bonchev–Trinajstić information content (AvgIpc) is 2.12. The van der Waals surface area contributed by atoms with Gasteiger partial charge in [-0.1, -0.05) is 11.3 Å². The van der Waals surface area contributed by atoms with E-state index in [0.717, 1.165) is 0 Å². The highest BCUT2D eigenvalue weighted by Crippen LogP contribution is 1.99. The minimum absolute atomic E-state index is 0.105. The van der Waals surface area contributed by atoms with Gasteiger partial charge in [-0.2, -0.15) is 0 Å². The maximum absolute atomic E-state index is 5.47. The third kappa shape index (κ3) is 2.35.